The molecule has 1 aromatic carbocycles. The van der Waals surface area contributed by atoms with Crippen LogP contribution in [0.5, 0.6) is 0 Å². The first-order valence-corrected chi connectivity index (χ1v) is 6.40. The summed E-state index contributed by atoms with van der Waals surface area (Å²) >= 11 is 0. The first kappa shape index (κ1) is 12.1. The fourth-order valence-electron chi connectivity index (χ4n) is 2.23. The first-order chi connectivity index (χ1) is 8.31. The summed E-state index contributed by atoms with van der Waals surface area (Å²) in [5.74, 6) is 0.210. The number of hydrogen-bond donors (Lipinski definition) is 2. The molecule has 3 heteroatoms. The van der Waals surface area contributed by atoms with Crippen LogP contribution in [-0.4, -0.2) is 24.9 Å². The molecule has 0 saturated carbocycles. The standard InChI is InChI=1S/C14H20N2O/c1-2-14(17)12-5-3-4-6-13(12)16-11-7-9-15-10-8-11/h3-6,11,15-16H,2,7-10H2,1H3. The van der Waals surface area contributed by atoms with E-state index in [1.54, 1.807) is 0 Å². The maximum Gasteiger partial charge on any atom is 0.164 e. The molecule has 1 aromatic rings. The van der Waals surface area contributed by atoms with Crippen LogP contribution in [0, 0.1) is 0 Å². The van der Waals surface area contributed by atoms with E-state index in [9.17, 15) is 4.79 Å². The number of Topliss-reactive ketones (excluding diaryl/α,β-unsaturated/α-hetero) is 1. The van der Waals surface area contributed by atoms with E-state index in [1.807, 2.05) is 31.2 Å². The molecule has 1 aliphatic rings. The summed E-state index contributed by atoms with van der Waals surface area (Å²) in [5.41, 5.74) is 1.82. The molecule has 1 saturated heterocycles. The zero-order valence-corrected chi connectivity index (χ0v) is 10.3. The second-order valence-electron chi connectivity index (χ2n) is 4.49. The summed E-state index contributed by atoms with van der Waals surface area (Å²) in [7, 11) is 0. The van der Waals surface area contributed by atoms with Gasteiger partial charge in [0.25, 0.3) is 0 Å². The highest BCUT2D eigenvalue weighted by Gasteiger charge is 2.15. The highest BCUT2D eigenvalue weighted by molar-refractivity contribution is 6.01. The predicted octanol–water partition coefficient (Wildman–Crippen LogP) is 2.44. The number of carbonyl (C=O) groups is 1. The molecule has 92 valence electrons. The predicted molar refractivity (Wildman–Crippen MR) is 70.6 cm³/mol. The van der Waals surface area contributed by atoms with Gasteiger partial charge >= 0.3 is 0 Å². The molecule has 0 bridgehead atoms. The van der Waals surface area contributed by atoms with Crippen molar-refractivity contribution in [3.05, 3.63) is 29.8 Å². The lowest BCUT2D eigenvalue weighted by molar-refractivity contribution is 0.0989. The third-order valence-electron chi connectivity index (χ3n) is 3.25. The molecule has 0 radical (unpaired) electrons. The Labute approximate surface area is 103 Å². The minimum Gasteiger partial charge on any atom is -0.382 e. The molecule has 0 amide bonds. The topological polar surface area (TPSA) is 41.1 Å². The smallest absolute Gasteiger partial charge is 0.164 e. The lowest BCUT2D eigenvalue weighted by Gasteiger charge is -2.25. The molecule has 1 aliphatic heterocycles. The molecule has 1 heterocycles. The van der Waals surface area contributed by atoms with Gasteiger partial charge in [0, 0.05) is 23.7 Å². The van der Waals surface area contributed by atoms with Gasteiger partial charge in [-0.25, -0.2) is 0 Å². The van der Waals surface area contributed by atoms with Crippen molar-refractivity contribution >= 4 is 11.5 Å². The second kappa shape index (κ2) is 5.82. The van der Waals surface area contributed by atoms with Crippen LogP contribution in [0.4, 0.5) is 5.69 Å². The first-order valence-electron chi connectivity index (χ1n) is 6.40. The maximum atomic E-state index is 11.8. The number of nitrogens with one attached hydrogen (secondary N) is 2. The van der Waals surface area contributed by atoms with Crippen LogP contribution in [0.3, 0.4) is 0 Å². The van der Waals surface area contributed by atoms with Crippen LogP contribution in [0.1, 0.15) is 36.5 Å². The van der Waals surface area contributed by atoms with Gasteiger partial charge in [0.2, 0.25) is 0 Å². The minimum atomic E-state index is 0.210. The quantitative estimate of drug-likeness (QED) is 0.783. The summed E-state index contributed by atoms with van der Waals surface area (Å²) in [6.45, 7) is 4.02. The van der Waals surface area contributed by atoms with Crippen molar-refractivity contribution in [3.8, 4) is 0 Å². The van der Waals surface area contributed by atoms with E-state index in [4.69, 9.17) is 0 Å². The Morgan fingerprint density at radius 2 is 2.06 bits per heavy atom. The number of hydrogen-bond acceptors (Lipinski definition) is 3. The van der Waals surface area contributed by atoms with Gasteiger partial charge in [0.15, 0.2) is 5.78 Å². The van der Waals surface area contributed by atoms with E-state index in [-0.39, 0.29) is 5.78 Å². The molecule has 3 nitrogen and oxygen atoms in total. The van der Waals surface area contributed by atoms with E-state index in [2.05, 4.69) is 10.6 Å². The van der Waals surface area contributed by atoms with Gasteiger partial charge in [-0.05, 0) is 38.1 Å². The fraction of sp³-hybridized carbons (Fsp3) is 0.500. The molecule has 17 heavy (non-hydrogen) atoms. The summed E-state index contributed by atoms with van der Waals surface area (Å²) in [5, 5.41) is 6.85. The highest BCUT2D eigenvalue weighted by Crippen LogP contribution is 2.20. The molecule has 1 fully saturated rings. The summed E-state index contributed by atoms with van der Waals surface area (Å²) < 4.78 is 0. The molecule has 2 rings (SSSR count). The van der Waals surface area contributed by atoms with Crippen molar-refractivity contribution in [2.75, 3.05) is 18.4 Å². The Morgan fingerprint density at radius 1 is 1.35 bits per heavy atom. The Bertz CT molecular complexity index is 384. The molecule has 0 unspecified atom stereocenters. The summed E-state index contributed by atoms with van der Waals surface area (Å²) in [6, 6.07) is 8.31. The van der Waals surface area contributed by atoms with Gasteiger partial charge in [0.1, 0.15) is 0 Å². The van der Waals surface area contributed by atoms with Crippen LogP contribution in [-0.2, 0) is 0 Å². The lowest BCUT2D eigenvalue weighted by atomic mass is 10.0. The minimum absolute atomic E-state index is 0.210. The Morgan fingerprint density at radius 3 is 2.76 bits per heavy atom. The van der Waals surface area contributed by atoms with Crippen LogP contribution in [0.15, 0.2) is 24.3 Å². The fourth-order valence-corrected chi connectivity index (χ4v) is 2.23. The molecule has 0 aromatic heterocycles. The normalized spacial score (nSPS) is 16.8. The Hall–Kier alpha value is -1.35. The number of benzene rings is 1. The van der Waals surface area contributed by atoms with Gasteiger partial charge in [-0.15, -0.1) is 0 Å². The van der Waals surface area contributed by atoms with Crippen molar-refractivity contribution < 1.29 is 4.79 Å². The molecular weight excluding hydrogens is 212 g/mol. The number of para-hydroxylation sites is 1. The number of piperidine rings is 1. The molecule has 0 atom stereocenters. The average molecular weight is 232 g/mol. The second-order valence-corrected chi connectivity index (χ2v) is 4.49. The number of ketones is 1. The molecule has 0 aliphatic carbocycles. The van der Waals surface area contributed by atoms with Crippen LogP contribution < -0.4 is 10.6 Å². The van der Waals surface area contributed by atoms with E-state index in [0.29, 0.717) is 12.5 Å². The SMILES string of the molecule is CCC(=O)c1ccccc1NC1CCNCC1. The van der Waals surface area contributed by atoms with Crippen molar-refractivity contribution in [1.82, 2.24) is 5.32 Å². The van der Waals surface area contributed by atoms with E-state index < -0.39 is 0 Å². The molecular formula is C14H20N2O. The zero-order chi connectivity index (χ0) is 12.1. The average Bonchev–Trinajstić information content (AvgIpc) is 2.40. The van der Waals surface area contributed by atoms with E-state index in [0.717, 1.165) is 37.2 Å². The van der Waals surface area contributed by atoms with E-state index in [1.165, 1.54) is 0 Å². The van der Waals surface area contributed by atoms with E-state index >= 15 is 0 Å². The summed E-state index contributed by atoms with van der Waals surface area (Å²) in [6.07, 6.45) is 2.80. The van der Waals surface area contributed by atoms with Crippen molar-refractivity contribution in [1.29, 1.82) is 0 Å². The third-order valence-corrected chi connectivity index (χ3v) is 3.25. The number of rotatable bonds is 4. The summed E-state index contributed by atoms with van der Waals surface area (Å²) in [4.78, 5) is 11.8. The molecule has 0 spiro atoms. The van der Waals surface area contributed by atoms with Gasteiger partial charge in [0.05, 0.1) is 0 Å². The van der Waals surface area contributed by atoms with Crippen LogP contribution in [0.2, 0.25) is 0 Å². The van der Waals surface area contributed by atoms with Crippen molar-refractivity contribution in [2.45, 2.75) is 32.2 Å². The molecule has 2 N–H and O–H groups in total. The Kier molecular flexibility index (Phi) is 4.15. The van der Waals surface area contributed by atoms with Gasteiger partial charge in [-0.1, -0.05) is 19.1 Å². The van der Waals surface area contributed by atoms with Crippen molar-refractivity contribution in [3.63, 3.8) is 0 Å². The zero-order valence-electron chi connectivity index (χ0n) is 10.3. The highest BCUT2D eigenvalue weighted by atomic mass is 16.1. The van der Waals surface area contributed by atoms with Gasteiger partial charge in [-0.3, -0.25) is 4.79 Å². The Balaban J connectivity index is 2.11. The number of carbonyl (C=O) groups excluding carboxylic acids is 1. The number of anilines is 1. The van der Waals surface area contributed by atoms with Crippen LogP contribution >= 0.6 is 0 Å². The van der Waals surface area contributed by atoms with Crippen molar-refractivity contribution in [2.24, 2.45) is 0 Å². The maximum absolute atomic E-state index is 11.8. The van der Waals surface area contributed by atoms with Gasteiger partial charge < -0.3 is 10.6 Å². The van der Waals surface area contributed by atoms with Crippen LogP contribution in [0.25, 0.3) is 0 Å². The largest absolute Gasteiger partial charge is 0.382 e. The third kappa shape index (κ3) is 3.07. The lowest BCUT2D eigenvalue weighted by Crippen LogP contribution is -2.35. The monoisotopic (exact) mass is 232 g/mol. The van der Waals surface area contributed by atoms with Gasteiger partial charge in [-0.2, -0.15) is 0 Å².